The molecule has 14 heteroatoms. The Kier molecular flexibility index (Phi) is 10.9. The van der Waals surface area contributed by atoms with Gasteiger partial charge in [0.25, 0.3) is 0 Å². The molecule has 14 nitrogen and oxygen atoms in total. The van der Waals surface area contributed by atoms with Crippen molar-refractivity contribution in [2.24, 2.45) is 23.7 Å². The van der Waals surface area contributed by atoms with Crippen LogP contribution in [0, 0.1) is 23.7 Å². The van der Waals surface area contributed by atoms with Crippen molar-refractivity contribution in [3.05, 3.63) is 77.1 Å². The molecule has 2 aliphatic rings. The zero-order valence-electron chi connectivity index (χ0n) is 27.0. The molecular weight excluding hydrogens is 630 g/mol. The lowest BCUT2D eigenvalue weighted by atomic mass is 9.49. The predicted octanol–water partition coefficient (Wildman–Crippen LogP) is 1.54. The van der Waals surface area contributed by atoms with Crippen molar-refractivity contribution in [2.45, 2.75) is 37.3 Å². The van der Waals surface area contributed by atoms with Gasteiger partial charge in [-0.05, 0) is 29.7 Å². The molecule has 0 spiro atoms. The summed E-state index contributed by atoms with van der Waals surface area (Å²) < 4.78 is 25.3. The normalized spacial score (nSPS) is 25.2. The first-order valence-corrected chi connectivity index (χ1v) is 14.9. The van der Waals surface area contributed by atoms with E-state index in [1.54, 1.807) is 24.3 Å². The Morgan fingerprint density at radius 3 is 1.90 bits per heavy atom. The van der Waals surface area contributed by atoms with Gasteiger partial charge >= 0.3 is 29.8 Å². The van der Waals surface area contributed by atoms with Crippen LogP contribution in [-0.2, 0) is 54.1 Å². The third kappa shape index (κ3) is 6.61. The van der Waals surface area contributed by atoms with Crippen molar-refractivity contribution < 1.29 is 62.7 Å². The van der Waals surface area contributed by atoms with Crippen molar-refractivity contribution in [3.8, 4) is 5.75 Å². The number of carbonyl (C=O) groups is 6. The van der Waals surface area contributed by atoms with Gasteiger partial charge < -0.3 is 39.2 Å². The topological polar surface area (TPSA) is 201 Å². The number of fused-ring (bicyclic) bond motifs is 2. The van der Waals surface area contributed by atoms with Crippen LogP contribution < -0.4 is 10.1 Å². The number of carbonyl (C=O) groups excluding carboxylic acids is 6. The molecule has 0 heterocycles. The molecular formula is C34H37NO13. The first kappa shape index (κ1) is 35.6. The van der Waals surface area contributed by atoms with E-state index in [4.69, 9.17) is 23.7 Å². The quantitative estimate of drug-likeness (QED) is 0.187. The largest absolute Gasteiger partial charge is 0.511 e. The van der Waals surface area contributed by atoms with Crippen molar-refractivity contribution in [3.63, 3.8) is 0 Å². The zero-order valence-corrected chi connectivity index (χ0v) is 27.0. The second-order valence-corrected chi connectivity index (χ2v) is 11.5. The van der Waals surface area contributed by atoms with Crippen LogP contribution in [-0.4, -0.2) is 86.0 Å². The molecule has 2 aliphatic carbocycles. The Balaban J connectivity index is 1.76. The lowest BCUT2D eigenvalue weighted by Crippen LogP contribution is -2.68. The molecule has 0 aromatic heterocycles. The van der Waals surface area contributed by atoms with Crippen LogP contribution in [0.25, 0.3) is 0 Å². The van der Waals surface area contributed by atoms with E-state index in [1.165, 1.54) is 31.2 Å². The number of ether oxygens (including phenoxy) is 5. The fourth-order valence-electron chi connectivity index (χ4n) is 6.92. The average molecular weight is 668 g/mol. The maximum Gasteiger partial charge on any atom is 0.337 e. The number of aliphatic hydroxyl groups is 2. The Morgan fingerprint density at radius 2 is 1.38 bits per heavy atom. The molecule has 2 aromatic carbocycles. The number of hydrogen-bond acceptors (Lipinski definition) is 13. The van der Waals surface area contributed by atoms with Gasteiger partial charge in [0.2, 0.25) is 5.91 Å². The molecule has 3 unspecified atom stereocenters. The fourth-order valence-corrected chi connectivity index (χ4v) is 6.92. The van der Waals surface area contributed by atoms with E-state index in [2.05, 4.69) is 5.32 Å². The molecule has 1 amide bonds. The first-order valence-electron chi connectivity index (χ1n) is 14.9. The van der Waals surface area contributed by atoms with Crippen LogP contribution >= 0.6 is 0 Å². The fraction of sp³-hybridized carbons (Fsp3) is 0.412. The van der Waals surface area contributed by atoms with Gasteiger partial charge in [-0.3, -0.25) is 19.2 Å². The Hall–Kier alpha value is -5.24. The van der Waals surface area contributed by atoms with Gasteiger partial charge in [-0.15, -0.1) is 0 Å². The van der Waals surface area contributed by atoms with E-state index in [1.807, 2.05) is 6.07 Å². The molecule has 48 heavy (non-hydrogen) atoms. The number of amides is 1. The second-order valence-electron chi connectivity index (χ2n) is 11.5. The van der Waals surface area contributed by atoms with Crippen LogP contribution in [0.2, 0.25) is 0 Å². The average Bonchev–Trinajstić information content (AvgIpc) is 3.07. The summed E-state index contributed by atoms with van der Waals surface area (Å²) in [4.78, 5) is 77.9. The minimum atomic E-state index is -2.70. The van der Waals surface area contributed by atoms with E-state index < -0.39 is 88.3 Å². The summed E-state index contributed by atoms with van der Waals surface area (Å²) in [5.74, 6) is -14.1. The summed E-state index contributed by atoms with van der Waals surface area (Å²) in [5, 5.41) is 26.3. The SMILES string of the molecule is COC(=O)C1=C(O)C(C(=O)OC)[C@@]2(O)[C@@H](C(=O)OC)C(c3ccc(OC(=O)C(Cc4ccccc4)NC(C)=O)cc3)C[C@@H]1[C@@H]2C(=O)OC. The number of aliphatic hydroxyl groups excluding tert-OH is 1. The third-order valence-corrected chi connectivity index (χ3v) is 8.92. The Bertz CT molecular complexity index is 1600. The summed E-state index contributed by atoms with van der Waals surface area (Å²) in [6, 6.07) is 13.9. The van der Waals surface area contributed by atoms with Crippen molar-refractivity contribution in [1.82, 2.24) is 5.32 Å². The minimum Gasteiger partial charge on any atom is -0.511 e. The van der Waals surface area contributed by atoms with Gasteiger partial charge in [0.15, 0.2) is 0 Å². The predicted molar refractivity (Wildman–Crippen MR) is 164 cm³/mol. The molecule has 256 valence electrons. The van der Waals surface area contributed by atoms with E-state index >= 15 is 0 Å². The van der Waals surface area contributed by atoms with Crippen LogP contribution in [0.3, 0.4) is 0 Å². The molecule has 1 fully saturated rings. The van der Waals surface area contributed by atoms with Gasteiger partial charge in [0.05, 0.1) is 45.8 Å². The van der Waals surface area contributed by atoms with E-state index in [9.17, 15) is 39.0 Å². The molecule has 2 aromatic rings. The van der Waals surface area contributed by atoms with Crippen molar-refractivity contribution >= 4 is 35.8 Å². The number of hydrogen-bond donors (Lipinski definition) is 3. The van der Waals surface area contributed by atoms with E-state index in [-0.39, 0.29) is 18.6 Å². The highest BCUT2D eigenvalue weighted by Crippen LogP contribution is 2.60. The molecule has 1 saturated carbocycles. The summed E-state index contributed by atoms with van der Waals surface area (Å²) in [6.45, 7) is 1.28. The minimum absolute atomic E-state index is 0.0872. The molecule has 0 radical (unpaired) electrons. The smallest absolute Gasteiger partial charge is 0.337 e. The summed E-state index contributed by atoms with van der Waals surface area (Å²) in [7, 11) is 4.10. The second kappa shape index (κ2) is 14.7. The van der Waals surface area contributed by atoms with Crippen LogP contribution in [0.4, 0.5) is 0 Å². The molecule has 2 bridgehead atoms. The summed E-state index contributed by atoms with van der Waals surface area (Å²) >= 11 is 0. The molecule has 4 rings (SSSR count). The highest BCUT2D eigenvalue weighted by atomic mass is 16.5. The molecule has 0 aliphatic heterocycles. The van der Waals surface area contributed by atoms with Gasteiger partial charge in [-0.25, -0.2) is 9.59 Å². The zero-order chi connectivity index (χ0) is 35.3. The molecule has 0 saturated heterocycles. The summed E-state index contributed by atoms with van der Waals surface area (Å²) in [5.41, 5.74) is -1.99. The van der Waals surface area contributed by atoms with Crippen LogP contribution in [0.5, 0.6) is 5.75 Å². The van der Waals surface area contributed by atoms with E-state index in [0.29, 0.717) is 5.56 Å². The standard InChI is InChI=1S/C34H37NO13/c1-17(36)35-23(15-18-9-7-6-8-10-18)29(38)48-20-13-11-19(12-14-20)21-16-22-24(30(39)44-2)28(37)27(33(42)47-5)34(43,25(21)31(40)45-3)26(22)32(41)46-4/h6-14,21-23,25-27,37,43H,15-16H2,1-5H3,(H,35,36)/t21?,22-,23?,25+,26+,27?,34+/m0/s1. The number of rotatable bonds is 10. The van der Waals surface area contributed by atoms with Gasteiger partial charge in [0, 0.05) is 25.2 Å². The maximum atomic E-state index is 13.5. The van der Waals surface area contributed by atoms with Crippen molar-refractivity contribution in [2.75, 3.05) is 28.4 Å². The number of benzene rings is 2. The molecule has 7 atom stereocenters. The summed E-state index contributed by atoms with van der Waals surface area (Å²) in [6.07, 6.45) is -0.0170. The van der Waals surface area contributed by atoms with Gasteiger partial charge in [-0.1, -0.05) is 42.5 Å². The van der Waals surface area contributed by atoms with Crippen LogP contribution in [0.1, 0.15) is 30.4 Å². The first-order chi connectivity index (χ1) is 22.8. The number of esters is 5. The van der Waals surface area contributed by atoms with Crippen molar-refractivity contribution in [1.29, 1.82) is 0 Å². The monoisotopic (exact) mass is 667 g/mol. The van der Waals surface area contributed by atoms with Gasteiger partial charge in [0.1, 0.15) is 29.1 Å². The van der Waals surface area contributed by atoms with Gasteiger partial charge in [-0.2, -0.15) is 0 Å². The number of methoxy groups -OCH3 is 4. The van der Waals surface area contributed by atoms with Crippen LogP contribution in [0.15, 0.2) is 65.9 Å². The number of nitrogens with one attached hydrogen (secondary N) is 1. The lowest BCUT2D eigenvalue weighted by molar-refractivity contribution is -0.208. The highest BCUT2D eigenvalue weighted by molar-refractivity contribution is 5.96. The maximum absolute atomic E-state index is 13.5. The van der Waals surface area contributed by atoms with E-state index in [0.717, 1.165) is 34.0 Å². The Labute approximate surface area is 275 Å². The molecule has 3 N–H and O–H groups in total. The third-order valence-electron chi connectivity index (χ3n) is 8.92. The highest BCUT2D eigenvalue weighted by Gasteiger charge is 2.71. The lowest BCUT2D eigenvalue weighted by Gasteiger charge is -2.55. The Morgan fingerprint density at radius 1 is 0.812 bits per heavy atom.